The highest BCUT2D eigenvalue weighted by atomic mass is 32.2. The van der Waals surface area contributed by atoms with E-state index in [1.807, 2.05) is 23.1 Å². The summed E-state index contributed by atoms with van der Waals surface area (Å²) >= 11 is 3.89. The molecule has 0 radical (unpaired) electrons. The second-order valence-electron chi connectivity index (χ2n) is 22.1. The van der Waals surface area contributed by atoms with Crippen LogP contribution in [-0.4, -0.2) is 6.71 Å². The Bertz CT molecular complexity index is 4150. The molecule has 14 rings (SSSR count). The van der Waals surface area contributed by atoms with Crippen molar-refractivity contribution in [2.24, 2.45) is 0 Å². The molecule has 0 amide bonds. The van der Waals surface area contributed by atoms with E-state index < -0.39 is 0 Å². The van der Waals surface area contributed by atoms with Gasteiger partial charge in [-0.2, -0.15) is 0 Å². The molecule has 1 aromatic heterocycles. The Morgan fingerprint density at radius 3 is 1.82 bits per heavy atom. The molecule has 0 spiro atoms. The average molecular weight is 958 g/mol. The summed E-state index contributed by atoms with van der Waals surface area (Å²) in [4.78, 5) is 5.27. The van der Waals surface area contributed by atoms with Crippen molar-refractivity contribution in [3.63, 3.8) is 0 Å². The van der Waals surface area contributed by atoms with E-state index in [1.165, 1.54) is 141 Å². The van der Waals surface area contributed by atoms with Gasteiger partial charge in [0.1, 0.15) is 0 Å². The van der Waals surface area contributed by atoms with Crippen LogP contribution in [0.2, 0.25) is 0 Å². The SMILES string of the molecule is CC(C)(C)c1cc2ccc3cc(C(C)(C)C)cc4c(-c5cccc(-c6cc7c8c(c6)N(c6ccccc6-c6ccccc6)c6c(sc9ccccc69)B8c6cc(-c8ccccc8)ccc6S7)c5)cc(c1)c2c34. The fourth-order valence-electron chi connectivity index (χ4n) is 11.8. The molecule has 2 aliphatic rings. The number of anilines is 3. The molecule has 11 aromatic carbocycles. The monoisotopic (exact) mass is 957 g/mol. The molecule has 4 heteroatoms. The highest BCUT2D eigenvalue weighted by Gasteiger charge is 2.44. The molecular weight excluding hydrogens is 906 g/mol. The molecule has 2 aliphatic heterocycles. The standard InChI is InChI=1S/C68H52BNS2/c1-67(2,3)50-33-46-28-29-47-34-51(68(4,5)6)40-55-54(36-49(35-50)62(46)63(47)55)45-23-17-22-43(32-45)48-38-58-64-61(39-48)71-60-31-30-44(41-18-9-7-10-19-41)37-56(60)69(64)66-65(53-25-14-16-27-59(53)72-66)70(58)57-26-15-13-24-52(57)42-20-11-8-12-21-42/h7-40H,1-6H3. The van der Waals surface area contributed by atoms with Crippen molar-refractivity contribution in [2.45, 2.75) is 62.2 Å². The predicted octanol–water partition coefficient (Wildman–Crippen LogP) is 17.8. The molecule has 0 fully saturated rings. The molecule has 0 atom stereocenters. The third-order valence-corrected chi connectivity index (χ3v) is 17.9. The Balaban J connectivity index is 1.03. The van der Waals surface area contributed by atoms with Crippen molar-refractivity contribution < 1.29 is 0 Å². The predicted molar refractivity (Wildman–Crippen MR) is 315 cm³/mol. The van der Waals surface area contributed by atoms with Gasteiger partial charge in [0.2, 0.25) is 0 Å². The molecule has 1 nitrogen and oxygen atoms in total. The first-order chi connectivity index (χ1) is 34.9. The van der Waals surface area contributed by atoms with Crippen LogP contribution >= 0.6 is 23.1 Å². The van der Waals surface area contributed by atoms with Gasteiger partial charge in [-0.3, -0.25) is 0 Å². The van der Waals surface area contributed by atoms with Crippen LogP contribution in [0.25, 0.3) is 86.9 Å². The highest BCUT2D eigenvalue weighted by molar-refractivity contribution is 8.00. The molecule has 0 N–H and O–H groups in total. The van der Waals surface area contributed by atoms with E-state index in [0.717, 1.165) is 0 Å². The molecule has 0 bridgehead atoms. The molecule has 344 valence electrons. The lowest BCUT2D eigenvalue weighted by molar-refractivity contribution is 0.591. The molecule has 12 aromatic rings. The minimum atomic E-state index is -0.0105. The van der Waals surface area contributed by atoms with Crippen molar-refractivity contribution in [1.29, 1.82) is 0 Å². The number of benzene rings is 11. The topological polar surface area (TPSA) is 3.24 Å². The van der Waals surface area contributed by atoms with Crippen LogP contribution in [0.5, 0.6) is 0 Å². The van der Waals surface area contributed by atoms with Crippen LogP contribution in [-0.2, 0) is 10.8 Å². The maximum Gasteiger partial charge on any atom is 0.262 e. The van der Waals surface area contributed by atoms with E-state index >= 15 is 0 Å². The zero-order valence-electron chi connectivity index (χ0n) is 41.5. The summed E-state index contributed by atoms with van der Waals surface area (Å²) in [5, 5.41) is 9.27. The summed E-state index contributed by atoms with van der Waals surface area (Å²) in [5.74, 6) is 0. The van der Waals surface area contributed by atoms with Crippen LogP contribution in [0.4, 0.5) is 17.1 Å². The summed E-state index contributed by atoms with van der Waals surface area (Å²) in [6.45, 7) is 14.1. The molecule has 0 saturated heterocycles. The Labute approximate surface area is 431 Å². The van der Waals surface area contributed by atoms with Crippen LogP contribution in [0.3, 0.4) is 0 Å². The Morgan fingerprint density at radius 1 is 0.403 bits per heavy atom. The number of para-hydroxylation sites is 1. The molecule has 72 heavy (non-hydrogen) atoms. The average Bonchev–Trinajstić information content (AvgIpc) is 3.79. The summed E-state index contributed by atoms with van der Waals surface area (Å²) in [6.07, 6.45) is 0. The normalized spacial score (nSPS) is 13.3. The summed E-state index contributed by atoms with van der Waals surface area (Å²) in [6, 6.07) is 78.6. The summed E-state index contributed by atoms with van der Waals surface area (Å²) in [7, 11) is 0. The molecular formula is C68H52BNS2. The van der Waals surface area contributed by atoms with Gasteiger partial charge in [-0.1, -0.05) is 216 Å². The van der Waals surface area contributed by atoms with Crippen molar-refractivity contribution in [3.05, 3.63) is 217 Å². The number of rotatable bonds is 5. The lowest BCUT2D eigenvalue weighted by atomic mass is 9.37. The van der Waals surface area contributed by atoms with Gasteiger partial charge in [0.25, 0.3) is 6.71 Å². The zero-order valence-corrected chi connectivity index (χ0v) is 43.1. The fraction of sp³-hybridized carbons (Fsp3) is 0.118. The smallest absolute Gasteiger partial charge is 0.262 e. The van der Waals surface area contributed by atoms with Gasteiger partial charge in [-0.05, 0) is 147 Å². The van der Waals surface area contributed by atoms with Crippen LogP contribution in [0, 0.1) is 0 Å². The Hall–Kier alpha value is -7.37. The van der Waals surface area contributed by atoms with Gasteiger partial charge in [0.05, 0.1) is 11.4 Å². The van der Waals surface area contributed by atoms with Crippen LogP contribution < -0.4 is 20.6 Å². The third kappa shape index (κ3) is 6.83. The Kier molecular flexibility index (Phi) is 9.69. The van der Waals surface area contributed by atoms with Crippen molar-refractivity contribution >= 4 is 105 Å². The van der Waals surface area contributed by atoms with Gasteiger partial charge in [-0.15, -0.1) is 11.3 Å². The van der Waals surface area contributed by atoms with E-state index in [-0.39, 0.29) is 17.5 Å². The second-order valence-corrected chi connectivity index (χ2v) is 24.2. The maximum atomic E-state index is 2.63. The number of nitrogens with zero attached hydrogens (tertiary/aromatic N) is 1. The van der Waals surface area contributed by atoms with Gasteiger partial charge in [0.15, 0.2) is 0 Å². The van der Waals surface area contributed by atoms with E-state index in [9.17, 15) is 0 Å². The van der Waals surface area contributed by atoms with Gasteiger partial charge < -0.3 is 4.90 Å². The molecule has 0 saturated carbocycles. The molecule has 0 unspecified atom stereocenters. The first-order valence-corrected chi connectivity index (χ1v) is 27.0. The van der Waals surface area contributed by atoms with E-state index in [4.69, 9.17) is 0 Å². The van der Waals surface area contributed by atoms with Crippen molar-refractivity contribution in [2.75, 3.05) is 4.90 Å². The first kappa shape index (κ1) is 43.4. The van der Waals surface area contributed by atoms with Crippen molar-refractivity contribution in [1.82, 2.24) is 0 Å². The summed E-state index contributed by atoms with van der Waals surface area (Å²) < 4.78 is 2.70. The van der Waals surface area contributed by atoms with Crippen LogP contribution in [0.1, 0.15) is 52.7 Å². The molecule has 3 heterocycles. The van der Waals surface area contributed by atoms with E-state index in [0.29, 0.717) is 0 Å². The number of hydrogen-bond acceptors (Lipinski definition) is 3. The third-order valence-electron chi connectivity index (χ3n) is 15.5. The maximum absolute atomic E-state index is 2.63. The fourth-order valence-corrected chi connectivity index (χ4v) is 14.3. The summed E-state index contributed by atoms with van der Waals surface area (Å²) in [5.41, 5.74) is 19.1. The van der Waals surface area contributed by atoms with Crippen molar-refractivity contribution in [3.8, 4) is 44.5 Å². The number of thiophene rings is 1. The minimum absolute atomic E-state index is 0.0105. The number of hydrogen-bond donors (Lipinski definition) is 0. The quantitative estimate of drug-likeness (QED) is 0.125. The van der Waals surface area contributed by atoms with Crippen LogP contribution in [0.15, 0.2) is 216 Å². The second kappa shape index (κ2) is 16.1. The number of fused-ring (bicyclic) bond motifs is 6. The van der Waals surface area contributed by atoms with E-state index in [2.05, 4.69) is 253 Å². The Morgan fingerprint density at radius 2 is 1.04 bits per heavy atom. The highest BCUT2D eigenvalue weighted by Crippen LogP contribution is 2.51. The van der Waals surface area contributed by atoms with Gasteiger partial charge in [0, 0.05) is 35.9 Å². The lowest BCUT2D eigenvalue weighted by Crippen LogP contribution is -2.58. The van der Waals surface area contributed by atoms with E-state index in [1.54, 1.807) is 0 Å². The molecule has 0 aliphatic carbocycles. The first-order valence-electron chi connectivity index (χ1n) is 25.3. The lowest BCUT2D eigenvalue weighted by Gasteiger charge is -2.40. The zero-order chi connectivity index (χ0) is 48.6. The largest absolute Gasteiger partial charge is 0.309 e. The minimum Gasteiger partial charge on any atom is -0.309 e. The van der Waals surface area contributed by atoms with Gasteiger partial charge >= 0.3 is 0 Å². The van der Waals surface area contributed by atoms with Gasteiger partial charge in [-0.25, -0.2) is 0 Å².